The van der Waals surface area contributed by atoms with E-state index >= 15 is 0 Å². The van der Waals surface area contributed by atoms with Crippen molar-refractivity contribution in [3.05, 3.63) is 132 Å². The molecule has 7 nitrogen and oxygen atoms in total. The highest BCUT2D eigenvalue weighted by Crippen LogP contribution is 2.25. The number of amides is 2. The molecule has 0 unspecified atom stereocenters. The summed E-state index contributed by atoms with van der Waals surface area (Å²) in [6.45, 7) is 3.25. The Kier molecular flexibility index (Phi) is 10.7. The van der Waals surface area contributed by atoms with Gasteiger partial charge >= 0.3 is 0 Å². The zero-order chi connectivity index (χ0) is 30.8. The van der Waals surface area contributed by atoms with Crippen LogP contribution in [0.3, 0.4) is 0 Å². The third kappa shape index (κ3) is 8.29. The van der Waals surface area contributed by atoms with Crippen molar-refractivity contribution in [1.29, 1.82) is 0 Å². The van der Waals surface area contributed by atoms with Gasteiger partial charge in [0.05, 0.1) is 10.6 Å². The minimum absolute atomic E-state index is 0.0292. The Balaban J connectivity index is 1.78. The number of rotatable bonds is 13. The van der Waals surface area contributed by atoms with Crippen molar-refractivity contribution in [3.63, 3.8) is 0 Å². The second kappa shape index (κ2) is 14.6. The van der Waals surface area contributed by atoms with Crippen LogP contribution in [0.5, 0.6) is 0 Å². The van der Waals surface area contributed by atoms with Crippen LogP contribution in [0.2, 0.25) is 0 Å². The zero-order valence-corrected chi connectivity index (χ0v) is 25.1. The average Bonchev–Trinajstić information content (AvgIpc) is 3.03. The number of carbonyl (C=O) groups is 2. The minimum atomic E-state index is -4.15. The van der Waals surface area contributed by atoms with Crippen LogP contribution >= 0.6 is 0 Å². The maximum Gasteiger partial charge on any atom is 0.264 e. The molecule has 2 amide bonds. The van der Waals surface area contributed by atoms with E-state index in [1.165, 1.54) is 29.2 Å². The molecule has 9 heteroatoms. The standard InChI is InChI=1S/C34H36FN3O4S/c1-3-26(2)36-34(40)32(23-27-13-7-4-8-14-27)37(24-28-19-21-29(35)22-20-28)33(39)25-38(30-15-9-5-10-16-30)43(41,42)31-17-11-6-12-18-31/h4-22,26,32H,3,23-25H2,1-2H3,(H,36,40)/t26-,32-/m0/s1. The summed E-state index contributed by atoms with van der Waals surface area (Å²) in [7, 11) is -4.15. The van der Waals surface area contributed by atoms with E-state index < -0.39 is 34.3 Å². The topological polar surface area (TPSA) is 86.8 Å². The number of para-hydroxylation sites is 1. The highest BCUT2D eigenvalue weighted by atomic mass is 32.2. The van der Waals surface area contributed by atoms with Crippen molar-refractivity contribution in [2.24, 2.45) is 0 Å². The van der Waals surface area contributed by atoms with Crippen molar-refractivity contribution in [2.45, 2.75) is 50.2 Å². The lowest BCUT2D eigenvalue weighted by molar-refractivity contribution is -0.140. The van der Waals surface area contributed by atoms with E-state index in [-0.39, 0.29) is 29.8 Å². The molecule has 0 aromatic heterocycles. The van der Waals surface area contributed by atoms with E-state index in [9.17, 15) is 22.4 Å². The number of hydrogen-bond donors (Lipinski definition) is 1. The minimum Gasteiger partial charge on any atom is -0.352 e. The molecule has 43 heavy (non-hydrogen) atoms. The molecule has 0 spiro atoms. The fraction of sp³-hybridized carbons (Fsp3) is 0.235. The smallest absolute Gasteiger partial charge is 0.264 e. The molecule has 0 fully saturated rings. The number of nitrogens with one attached hydrogen (secondary N) is 1. The third-order valence-corrected chi connectivity index (χ3v) is 8.98. The van der Waals surface area contributed by atoms with Crippen molar-refractivity contribution in [3.8, 4) is 0 Å². The molecular formula is C34H36FN3O4S. The first-order valence-corrected chi connectivity index (χ1v) is 15.6. The van der Waals surface area contributed by atoms with Crippen LogP contribution in [0, 0.1) is 5.82 Å². The summed E-state index contributed by atoms with van der Waals surface area (Å²) in [5, 5.41) is 3.00. The summed E-state index contributed by atoms with van der Waals surface area (Å²) in [5.41, 5.74) is 1.74. The Morgan fingerprint density at radius 3 is 1.93 bits per heavy atom. The molecule has 0 saturated heterocycles. The highest BCUT2D eigenvalue weighted by Gasteiger charge is 2.34. The first-order valence-electron chi connectivity index (χ1n) is 14.2. The molecule has 0 aliphatic heterocycles. The largest absolute Gasteiger partial charge is 0.352 e. The van der Waals surface area contributed by atoms with Crippen molar-refractivity contribution >= 4 is 27.5 Å². The van der Waals surface area contributed by atoms with Gasteiger partial charge in [-0.25, -0.2) is 12.8 Å². The summed E-state index contributed by atoms with van der Waals surface area (Å²) in [4.78, 5) is 29.5. The Morgan fingerprint density at radius 1 is 0.791 bits per heavy atom. The van der Waals surface area contributed by atoms with Gasteiger partial charge in [0.2, 0.25) is 11.8 Å². The fourth-order valence-electron chi connectivity index (χ4n) is 4.62. The lowest BCUT2D eigenvalue weighted by Gasteiger charge is -2.34. The predicted molar refractivity (Wildman–Crippen MR) is 166 cm³/mol. The molecule has 0 saturated carbocycles. The van der Waals surface area contributed by atoms with Crippen molar-refractivity contribution < 1.29 is 22.4 Å². The molecule has 4 rings (SSSR count). The number of carbonyl (C=O) groups excluding carboxylic acids is 2. The zero-order valence-electron chi connectivity index (χ0n) is 24.3. The number of halogens is 1. The highest BCUT2D eigenvalue weighted by molar-refractivity contribution is 7.92. The third-order valence-electron chi connectivity index (χ3n) is 7.19. The van der Waals surface area contributed by atoms with Gasteiger partial charge in [-0.05, 0) is 60.9 Å². The number of anilines is 1. The molecule has 1 N–H and O–H groups in total. The van der Waals surface area contributed by atoms with Gasteiger partial charge in [0, 0.05) is 19.0 Å². The molecule has 0 aliphatic rings. The molecule has 4 aromatic rings. The van der Waals surface area contributed by atoms with Crippen molar-refractivity contribution in [1.82, 2.24) is 10.2 Å². The number of benzene rings is 4. The van der Waals surface area contributed by atoms with Gasteiger partial charge in [-0.3, -0.25) is 13.9 Å². The van der Waals surface area contributed by atoms with E-state index in [0.717, 1.165) is 9.87 Å². The second-order valence-corrected chi connectivity index (χ2v) is 12.2. The van der Waals surface area contributed by atoms with Gasteiger partial charge in [-0.15, -0.1) is 0 Å². The average molecular weight is 602 g/mol. The van der Waals surface area contributed by atoms with E-state index in [1.807, 2.05) is 44.2 Å². The lowest BCUT2D eigenvalue weighted by Crippen LogP contribution is -2.54. The van der Waals surface area contributed by atoms with E-state index in [4.69, 9.17) is 0 Å². The molecule has 224 valence electrons. The maximum absolute atomic E-state index is 14.3. The molecule has 0 bridgehead atoms. The van der Waals surface area contributed by atoms with E-state index in [2.05, 4.69) is 5.32 Å². The van der Waals surface area contributed by atoms with Crippen LogP contribution < -0.4 is 9.62 Å². The van der Waals surface area contributed by atoms with Gasteiger partial charge in [0.1, 0.15) is 18.4 Å². The molecular weight excluding hydrogens is 565 g/mol. The number of nitrogens with zero attached hydrogens (tertiary/aromatic N) is 2. The van der Waals surface area contributed by atoms with Crippen LogP contribution in [-0.4, -0.2) is 43.8 Å². The summed E-state index contributed by atoms with van der Waals surface area (Å²) in [6, 6.07) is 30.2. The molecule has 0 aliphatic carbocycles. The van der Waals surface area contributed by atoms with Crippen LogP contribution in [0.4, 0.5) is 10.1 Å². The monoisotopic (exact) mass is 601 g/mol. The quantitative estimate of drug-likeness (QED) is 0.217. The van der Waals surface area contributed by atoms with Gasteiger partial charge in [0.15, 0.2) is 0 Å². The Labute approximate surface area is 253 Å². The maximum atomic E-state index is 14.3. The Hall–Kier alpha value is -4.50. The summed E-state index contributed by atoms with van der Waals surface area (Å²) in [6.07, 6.45) is 0.889. The summed E-state index contributed by atoms with van der Waals surface area (Å²) >= 11 is 0. The van der Waals surface area contributed by atoms with Crippen LogP contribution in [-0.2, 0) is 32.6 Å². The Morgan fingerprint density at radius 2 is 1.35 bits per heavy atom. The van der Waals surface area contributed by atoms with Crippen LogP contribution in [0.15, 0.2) is 120 Å². The van der Waals surface area contributed by atoms with E-state index in [1.54, 1.807) is 60.7 Å². The predicted octanol–water partition coefficient (Wildman–Crippen LogP) is 5.58. The normalized spacial score (nSPS) is 12.6. The van der Waals surface area contributed by atoms with Gasteiger partial charge in [0.25, 0.3) is 10.0 Å². The first-order chi connectivity index (χ1) is 20.7. The summed E-state index contributed by atoms with van der Waals surface area (Å²) in [5.74, 6) is -1.36. The van der Waals surface area contributed by atoms with Crippen LogP contribution in [0.1, 0.15) is 31.4 Å². The SMILES string of the molecule is CC[C@H](C)NC(=O)[C@H](Cc1ccccc1)N(Cc1ccc(F)cc1)C(=O)CN(c1ccccc1)S(=O)(=O)c1ccccc1. The molecule has 0 radical (unpaired) electrons. The first kappa shape index (κ1) is 31.4. The number of sulfonamides is 1. The second-order valence-electron chi connectivity index (χ2n) is 10.3. The fourth-order valence-corrected chi connectivity index (χ4v) is 6.06. The summed E-state index contributed by atoms with van der Waals surface area (Å²) < 4.78 is 42.6. The van der Waals surface area contributed by atoms with Gasteiger partial charge < -0.3 is 10.2 Å². The lowest BCUT2D eigenvalue weighted by atomic mass is 10.0. The van der Waals surface area contributed by atoms with Crippen molar-refractivity contribution in [2.75, 3.05) is 10.8 Å². The molecule has 0 heterocycles. The van der Waals surface area contributed by atoms with Crippen LogP contribution in [0.25, 0.3) is 0 Å². The van der Waals surface area contributed by atoms with E-state index in [0.29, 0.717) is 17.7 Å². The Bertz CT molecular complexity index is 1590. The van der Waals surface area contributed by atoms with Gasteiger partial charge in [-0.1, -0.05) is 85.8 Å². The number of hydrogen-bond acceptors (Lipinski definition) is 4. The molecule has 4 aromatic carbocycles. The molecule has 2 atom stereocenters. The van der Waals surface area contributed by atoms with Gasteiger partial charge in [-0.2, -0.15) is 0 Å².